The number of rotatable bonds is 5. The maximum absolute atomic E-state index is 11.1. The molecule has 0 aliphatic carbocycles. The van der Waals surface area contributed by atoms with Crippen molar-refractivity contribution in [3.8, 4) is 5.75 Å². The van der Waals surface area contributed by atoms with Crippen LogP contribution in [0.15, 0.2) is 54.7 Å². The lowest BCUT2D eigenvalue weighted by atomic mass is 9.94. The number of fused-ring (bicyclic) bond motifs is 1. The zero-order valence-corrected chi connectivity index (χ0v) is 16.5. The molecule has 2 heterocycles. The van der Waals surface area contributed by atoms with E-state index in [1.54, 1.807) is 6.20 Å². The molecule has 146 valence electrons. The highest BCUT2D eigenvalue weighted by atomic mass is 35.5. The van der Waals surface area contributed by atoms with Gasteiger partial charge in [-0.25, -0.2) is 0 Å². The number of pyridine rings is 1. The maximum atomic E-state index is 11.1. The molecule has 0 spiro atoms. The van der Waals surface area contributed by atoms with Gasteiger partial charge >= 0.3 is 0 Å². The minimum Gasteiger partial charge on any atom is -0.505 e. The number of phenols is 1. The summed E-state index contributed by atoms with van der Waals surface area (Å²) in [4.78, 5) is 7.25. The van der Waals surface area contributed by atoms with Gasteiger partial charge in [-0.15, -0.1) is 0 Å². The quantitative estimate of drug-likeness (QED) is 0.504. The Bertz CT molecular complexity index is 940. The first-order chi connectivity index (χ1) is 13.7. The van der Waals surface area contributed by atoms with E-state index >= 15 is 0 Å². The van der Waals surface area contributed by atoms with Crippen molar-refractivity contribution < 1.29 is 20.0 Å². The molecule has 1 aromatic heterocycles. The van der Waals surface area contributed by atoms with Crippen LogP contribution in [-0.4, -0.2) is 54.5 Å². The van der Waals surface area contributed by atoms with Crippen molar-refractivity contribution in [3.05, 3.63) is 70.9 Å². The predicted molar refractivity (Wildman–Crippen MR) is 110 cm³/mol. The fourth-order valence-corrected chi connectivity index (χ4v) is 4.42. The average molecular weight is 400 g/mol. The van der Waals surface area contributed by atoms with E-state index in [-0.39, 0.29) is 18.4 Å². The van der Waals surface area contributed by atoms with Crippen LogP contribution in [0.2, 0.25) is 5.02 Å². The van der Waals surface area contributed by atoms with E-state index in [4.69, 9.17) is 11.6 Å². The zero-order chi connectivity index (χ0) is 19.5. The maximum Gasteiger partial charge on any atom is 0.151 e. The molecule has 1 aliphatic heterocycles. The van der Waals surface area contributed by atoms with Crippen LogP contribution in [-0.2, 0) is 0 Å². The van der Waals surface area contributed by atoms with E-state index in [0.29, 0.717) is 10.5 Å². The van der Waals surface area contributed by atoms with Gasteiger partial charge in [0.15, 0.2) is 5.75 Å². The predicted octanol–water partition coefficient (Wildman–Crippen LogP) is 0.459. The van der Waals surface area contributed by atoms with Gasteiger partial charge in [0, 0.05) is 22.2 Å². The number of nitrogens with zero attached hydrogens (tertiary/aromatic N) is 1. The van der Waals surface area contributed by atoms with Crippen LogP contribution in [0.1, 0.15) is 17.2 Å². The molecular weight excluding hydrogens is 374 g/mol. The van der Waals surface area contributed by atoms with Crippen molar-refractivity contribution in [1.82, 2.24) is 4.98 Å². The van der Waals surface area contributed by atoms with Gasteiger partial charge in [-0.05, 0) is 24.3 Å². The van der Waals surface area contributed by atoms with Gasteiger partial charge in [0.25, 0.3) is 0 Å². The number of aliphatic hydroxyl groups is 1. The summed E-state index contributed by atoms with van der Waals surface area (Å²) < 4.78 is 0. The summed E-state index contributed by atoms with van der Waals surface area (Å²) >= 11 is 6.12. The third kappa shape index (κ3) is 3.84. The van der Waals surface area contributed by atoms with Crippen LogP contribution in [0.25, 0.3) is 10.9 Å². The molecule has 1 aliphatic rings. The molecule has 2 aromatic carbocycles. The number of aromatic hydroxyl groups is 1. The van der Waals surface area contributed by atoms with Crippen LogP contribution in [0.5, 0.6) is 5.75 Å². The van der Waals surface area contributed by atoms with Gasteiger partial charge in [-0.3, -0.25) is 4.98 Å². The molecular formula is C22H26ClN3O2+2. The number of aromatic nitrogens is 1. The van der Waals surface area contributed by atoms with E-state index < -0.39 is 0 Å². The first-order valence-corrected chi connectivity index (χ1v) is 10.2. The molecule has 4 N–H and O–H groups in total. The Labute approximate surface area is 169 Å². The summed E-state index contributed by atoms with van der Waals surface area (Å²) in [6, 6.07) is 15.8. The van der Waals surface area contributed by atoms with E-state index in [2.05, 4.69) is 17.1 Å². The largest absolute Gasteiger partial charge is 0.505 e. The number of aliphatic hydroxyl groups excluding tert-OH is 1. The number of hydrogen-bond acceptors (Lipinski definition) is 3. The summed E-state index contributed by atoms with van der Waals surface area (Å²) in [6.07, 6.45) is 1.72. The Kier molecular flexibility index (Phi) is 5.78. The van der Waals surface area contributed by atoms with Crippen LogP contribution < -0.4 is 9.80 Å². The summed E-state index contributed by atoms with van der Waals surface area (Å²) in [6.45, 7) is 4.98. The lowest BCUT2D eigenvalue weighted by Crippen LogP contribution is -3.28. The number of quaternary nitrogens is 2. The monoisotopic (exact) mass is 399 g/mol. The minimum atomic E-state index is 0.0133. The average Bonchev–Trinajstić information content (AvgIpc) is 2.73. The molecule has 1 fully saturated rings. The van der Waals surface area contributed by atoms with E-state index in [1.807, 2.05) is 36.4 Å². The van der Waals surface area contributed by atoms with Crippen molar-refractivity contribution in [2.45, 2.75) is 6.04 Å². The first kappa shape index (κ1) is 19.2. The van der Waals surface area contributed by atoms with Crippen molar-refractivity contribution in [1.29, 1.82) is 0 Å². The van der Waals surface area contributed by atoms with Crippen LogP contribution in [0.4, 0.5) is 0 Å². The smallest absolute Gasteiger partial charge is 0.151 e. The molecule has 0 unspecified atom stereocenters. The second-order valence-electron chi connectivity index (χ2n) is 7.44. The van der Waals surface area contributed by atoms with Crippen molar-refractivity contribution in [2.24, 2.45) is 0 Å². The SMILES string of the molecule is OCC[NH+]1CC[NH+]([C@@H](c2ccc(Cl)cc2)c2ccc3cccnc3c2O)CC1. The molecule has 0 radical (unpaired) electrons. The van der Waals surface area contributed by atoms with Crippen LogP contribution in [0, 0.1) is 0 Å². The Balaban J connectivity index is 1.74. The Hall–Kier alpha value is -2.18. The topological polar surface area (TPSA) is 62.2 Å². The number of hydrogen-bond donors (Lipinski definition) is 4. The molecule has 0 bridgehead atoms. The molecule has 5 nitrogen and oxygen atoms in total. The Morgan fingerprint density at radius 2 is 1.75 bits per heavy atom. The molecule has 3 aromatic rings. The van der Waals surface area contributed by atoms with E-state index in [1.165, 1.54) is 9.80 Å². The van der Waals surface area contributed by atoms with Crippen LogP contribution >= 0.6 is 11.6 Å². The Morgan fingerprint density at radius 1 is 1.00 bits per heavy atom. The molecule has 28 heavy (non-hydrogen) atoms. The lowest BCUT2D eigenvalue weighted by Gasteiger charge is -2.35. The summed E-state index contributed by atoms with van der Waals surface area (Å²) in [5.41, 5.74) is 2.67. The standard InChI is InChI=1S/C22H24ClN3O2/c23-18-6-3-17(4-7-18)21(26-12-10-25(11-13-26)14-15-27)19-8-5-16-2-1-9-24-20(16)22(19)28/h1-9,21,27-28H,10-15H2/p+2/t21-/m0/s1. The fraction of sp³-hybridized carbons (Fsp3) is 0.318. The second-order valence-corrected chi connectivity index (χ2v) is 7.88. The molecule has 0 amide bonds. The van der Waals surface area contributed by atoms with Crippen LogP contribution in [0.3, 0.4) is 0 Å². The molecule has 1 saturated heterocycles. The highest BCUT2D eigenvalue weighted by molar-refractivity contribution is 6.30. The zero-order valence-electron chi connectivity index (χ0n) is 15.7. The fourth-order valence-electron chi connectivity index (χ4n) is 4.29. The highest BCUT2D eigenvalue weighted by Gasteiger charge is 2.33. The molecule has 4 rings (SSSR count). The normalized spacial score (nSPS) is 20.9. The van der Waals surface area contributed by atoms with Crippen molar-refractivity contribution >= 4 is 22.5 Å². The molecule has 1 atom stereocenters. The third-order valence-electron chi connectivity index (χ3n) is 5.77. The second kappa shape index (κ2) is 8.45. The van der Waals surface area contributed by atoms with Gasteiger partial charge in [0.1, 0.15) is 44.3 Å². The van der Waals surface area contributed by atoms with Crippen molar-refractivity contribution in [3.63, 3.8) is 0 Å². The van der Waals surface area contributed by atoms with Gasteiger partial charge in [-0.2, -0.15) is 0 Å². The first-order valence-electron chi connectivity index (χ1n) is 9.78. The van der Waals surface area contributed by atoms with Gasteiger partial charge in [-0.1, -0.05) is 35.9 Å². The van der Waals surface area contributed by atoms with E-state index in [9.17, 15) is 10.2 Å². The number of phenolic OH excluding ortho intramolecular Hbond substituents is 1. The number of benzene rings is 2. The van der Waals surface area contributed by atoms with Gasteiger partial charge in [0.2, 0.25) is 0 Å². The molecule has 6 heteroatoms. The minimum absolute atomic E-state index is 0.0133. The Morgan fingerprint density at radius 3 is 2.46 bits per heavy atom. The number of halogens is 1. The summed E-state index contributed by atoms with van der Waals surface area (Å²) in [7, 11) is 0. The van der Waals surface area contributed by atoms with Crippen molar-refractivity contribution in [2.75, 3.05) is 39.3 Å². The molecule has 0 saturated carbocycles. The third-order valence-corrected chi connectivity index (χ3v) is 6.02. The number of piperazine rings is 1. The lowest BCUT2D eigenvalue weighted by molar-refractivity contribution is -1.02. The van der Waals surface area contributed by atoms with Gasteiger partial charge in [0.05, 0.1) is 12.2 Å². The highest BCUT2D eigenvalue weighted by Crippen LogP contribution is 2.33. The summed E-state index contributed by atoms with van der Waals surface area (Å²) in [5.74, 6) is 0.260. The summed E-state index contributed by atoms with van der Waals surface area (Å²) in [5, 5.41) is 21.9. The van der Waals surface area contributed by atoms with E-state index in [0.717, 1.165) is 49.2 Å². The van der Waals surface area contributed by atoms with Gasteiger partial charge < -0.3 is 20.0 Å². The number of nitrogens with one attached hydrogen (secondary N) is 2.